The summed E-state index contributed by atoms with van der Waals surface area (Å²) in [4.78, 5) is 0. The van der Waals surface area contributed by atoms with Gasteiger partial charge in [-0.15, -0.1) is 0 Å². The molecule has 0 unspecified atom stereocenters. The Kier molecular flexibility index (Phi) is 6.62. The number of benzene rings is 3. The highest BCUT2D eigenvalue weighted by atomic mass is 19.4. The minimum Gasteiger partial charge on any atom is -0.507 e. The van der Waals surface area contributed by atoms with Gasteiger partial charge >= 0.3 is 6.18 Å². The van der Waals surface area contributed by atoms with Crippen LogP contribution in [0.2, 0.25) is 0 Å². The van der Waals surface area contributed by atoms with Crippen LogP contribution < -0.4 is 4.74 Å². The number of aromatic hydroxyl groups is 1. The van der Waals surface area contributed by atoms with Gasteiger partial charge in [0.15, 0.2) is 0 Å². The Morgan fingerprint density at radius 1 is 1.03 bits per heavy atom. The van der Waals surface area contributed by atoms with Crippen molar-refractivity contribution in [2.45, 2.75) is 26.1 Å². The van der Waals surface area contributed by atoms with Crippen LogP contribution >= 0.6 is 0 Å². The van der Waals surface area contributed by atoms with E-state index in [1.165, 1.54) is 18.2 Å². The Hall–Kier alpha value is -4.60. The van der Waals surface area contributed by atoms with Crippen LogP contribution in [0.4, 0.5) is 17.6 Å². The first-order valence-electron chi connectivity index (χ1n) is 11.7. The van der Waals surface area contributed by atoms with E-state index in [0.29, 0.717) is 17.7 Å². The number of para-hydroxylation sites is 1. The summed E-state index contributed by atoms with van der Waals surface area (Å²) < 4.78 is 62.5. The highest BCUT2D eigenvalue weighted by Crippen LogP contribution is 2.44. The summed E-state index contributed by atoms with van der Waals surface area (Å²) in [7, 11) is 0. The lowest BCUT2D eigenvalue weighted by Gasteiger charge is -2.14. The SMILES string of the molecule is CCc1cc(-c2n[nH]c(C(F)(F)F)c2-c2ccc(F)cc2)c(O)cc1OCc1cnn(-c2ccccc2)c1. The number of H-pyrrole nitrogens is 1. The number of phenols is 1. The summed E-state index contributed by atoms with van der Waals surface area (Å²) in [6, 6.07) is 17.1. The number of rotatable bonds is 7. The van der Waals surface area contributed by atoms with E-state index in [2.05, 4.69) is 10.2 Å². The molecule has 0 bridgehead atoms. The second-order valence-corrected chi connectivity index (χ2v) is 8.57. The van der Waals surface area contributed by atoms with Gasteiger partial charge in [-0.3, -0.25) is 5.10 Å². The zero-order valence-corrected chi connectivity index (χ0v) is 20.1. The molecule has 5 rings (SSSR count). The Morgan fingerprint density at radius 2 is 1.76 bits per heavy atom. The van der Waals surface area contributed by atoms with Crippen LogP contribution in [0.5, 0.6) is 11.5 Å². The van der Waals surface area contributed by atoms with Crippen molar-refractivity contribution in [2.24, 2.45) is 0 Å². The van der Waals surface area contributed by atoms with Crippen LogP contribution in [0.3, 0.4) is 0 Å². The van der Waals surface area contributed by atoms with Gasteiger partial charge in [-0.2, -0.15) is 23.4 Å². The van der Waals surface area contributed by atoms with Gasteiger partial charge in [-0.1, -0.05) is 37.3 Å². The molecular formula is C28H22F4N4O2. The number of nitrogens with one attached hydrogen (secondary N) is 1. The molecule has 194 valence electrons. The van der Waals surface area contributed by atoms with Gasteiger partial charge in [0.25, 0.3) is 0 Å². The van der Waals surface area contributed by atoms with Crippen LogP contribution in [0, 0.1) is 5.82 Å². The Bertz CT molecular complexity index is 1560. The second-order valence-electron chi connectivity index (χ2n) is 8.57. The second kappa shape index (κ2) is 10.0. The molecule has 6 nitrogen and oxygen atoms in total. The van der Waals surface area contributed by atoms with Crippen molar-refractivity contribution in [3.05, 3.63) is 102 Å². The summed E-state index contributed by atoms with van der Waals surface area (Å²) >= 11 is 0. The monoisotopic (exact) mass is 522 g/mol. The zero-order chi connectivity index (χ0) is 26.9. The normalized spacial score (nSPS) is 11.6. The third-order valence-corrected chi connectivity index (χ3v) is 6.05. The summed E-state index contributed by atoms with van der Waals surface area (Å²) in [6.07, 6.45) is -0.767. The molecule has 2 aromatic heterocycles. The number of aromatic amines is 1. The van der Waals surface area contributed by atoms with Crippen LogP contribution in [0.1, 0.15) is 23.7 Å². The van der Waals surface area contributed by atoms with Gasteiger partial charge in [0, 0.05) is 29.0 Å². The quantitative estimate of drug-likeness (QED) is 0.227. The number of aromatic nitrogens is 4. The maximum Gasteiger partial charge on any atom is 0.433 e. The maximum atomic E-state index is 13.8. The van der Waals surface area contributed by atoms with Crippen LogP contribution in [0.15, 0.2) is 79.1 Å². The minimum atomic E-state index is -4.74. The predicted octanol–water partition coefficient (Wildman–Crippen LogP) is 6.93. The van der Waals surface area contributed by atoms with Crippen molar-refractivity contribution < 1.29 is 27.4 Å². The fourth-order valence-electron chi connectivity index (χ4n) is 4.17. The first kappa shape index (κ1) is 25.1. The molecule has 0 aliphatic heterocycles. The molecule has 0 saturated carbocycles. The van der Waals surface area contributed by atoms with E-state index >= 15 is 0 Å². The first-order valence-corrected chi connectivity index (χ1v) is 11.7. The predicted molar refractivity (Wildman–Crippen MR) is 133 cm³/mol. The van der Waals surface area contributed by atoms with E-state index in [1.807, 2.05) is 48.6 Å². The summed E-state index contributed by atoms with van der Waals surface area (Å²) in [6.45, 7) is 2.03. The maximum absolute atomic E-state index is 13.8. The zero-order valence-electron chi connectivity index (χ0n) is 20.1. The number of aryl methyl sites for hydroxylation is 1. The number of hydrogen-bond acceptors (Lipinski definition) is 4. The average Bonchev–Trinajstić information content (AvgIpc) is 3.56. The molecule has 10 heteroatoms. The topological polar surface area (TPSA) is 76.0 Å². The van der Waals surface area contributed by atoms with Crippen molar-refractivity contribution in [1.29, 1.82) is 0 Å². The van der Waals surface area contributed by atoms with Crippen molar-refractivity contribution in [3.8, 4) is 39.6 Å². The van der Waals surface area contributed by atoms with E-state index < -0.39 is 17.7 Å². The number of ether oxygens (including phenoxy) is 1. The van der Waals surface area contributed by atoms with E-state index in [-0.39, 0.29) is 34.7 Å². The lowest BCUT2D eigenvalue weighted by molar-refractivity contribution is -0.140. The van der Waals surface area contributed by atoms with Gasteiger partial charge in [0.05, 0.1) is 11.9 Å². The third-order valence-electron chi connectivity index (χ3n) is 6.05. The van der Waals surface area contributed by atoms with Crippen molar-refractivity contribution in [2.75, 3.05) is 0 Å². The van der Waals surface area contributed by atoms with Gasteiger partial charge in [-0.05, 0) is 47.9 Å². The lowest BCUT2D eigenvalue weighted by Crippen LogP contribution is -2.07. The molecule has 3 aromatic carbocycles. The van der Waals surface area contributed by atoms with Crippen molar-refractivity contribution in [3.63, 3.8) is 0 Å². The van der Waals surface area contributed by atoms with Gasteiger partial charge < -0.3 is 9.84 Å². The third kappa shape index (κ3) is 4.97. The molecule has 2 N–H and O–H groups in total. The molecule has 5 aromatic rings. The Morgan fingerprint density at radius 3 is 2.45 bits per heavy atom. The average molecular weight is 523 g/mol. The summed E-state index contributed by atoms with van der Waals surface area (Å²) in [5, 5.41) is 21.1. The van der Waals surface area contributed by atoms with Crippen LogP contribution in [0.25, 0.3) is 28.1 Å². The highest BCUT2D eigenvalue weighted by Gasteiger charge is 2.38. The standard InChI is InChI=1S/C28H22F4N4O2/c1-2-18-12-22(26-25(19-8-10-20(29)11-9-19)27(35-34-26)28(30,31)32)23(37)13-24(18)38-16-17-14-33-36(15-17)21-6-4-3-5-7-21/h3-15,37H,2,16H2,1H3,(H,34,35). The molecule has 38 heavy (non-hydrogen) atoms. The van der Waals surface area contributed by atoms with Crippen LogP contribution in [-0.4, -0.2) is 25.1 Å². The summed E-state index contributed by atoms with van der Waals surface area (Å²) in [5.74, 6) is -0.504. The number of alkyl halides is 3. The first-order chi connectivity index (χ1) is 18.2. The molecule has 0 radical (unpaired) electrons. The van der Waals surface area contributed by atoms with Gasteiger partial charge in [0.1, 0.15) is 35.3 Å². The fourth-order valence-corrected chi connectivity index (χ4v) is 4.17. The highest BCUT2D eigenvalue weighted by molar-refractivity contribution is 5.86. The molecule has 0 fully saturated rings. The number of hydrogen-bond donors (Lipinski definition) is 2. The molecule has 0 aliphatic rings. The fraction of sp³-hybridized carbons (Fsp3) is 0.143. The lowest BCUT2D eigenvalue weighted by atomic mass is 9.96. The molecule has 2 heterocycles. The van der Waals surface area contributed by atoms with Crippen molar-refractivity contribution in [1.82, 2.24) is 20.0 Å². The molecule has 0 atom stereocenters. The number of halogens is 4. The largest absolute Gasteiger partial charge is 0.507 e. The van der Waals surface area contributed by atoms with E-state index in [0.717, 1.165) is 23.4 Å². The van der Waals surface area contributed by atoms with E-state index in [9.17, 15) is 22.7 Å². The molecule has 0 saturated heterocycles. The Labute approximate surface area is 215 Å². The van der Waals surface area contributed by atoms with Crippen molar-refractivity contribution >= 4 is 0 Å². The minimum absolute atomic E-state index is 0.0946. The van der Waals surface area contributed by atoms with E-state index in [4.69, 9.17) is 4.74 Å². The van der Waals surface area contributed by atoms with Crippen LogP contribution in [-0.2, 0) is 19.2 Å². The number of nitrogens with zero attached hydrogens (tertiary/aromatic N) is 3. The molecular weight excluding hydrogens is 500 g/mol. The van der Waals surface area contributed by atoms with Gasteiger partial charge in [0.2, 0.25) is 0 Å². The molecule has 0 spiro atoms. The van der Waals surface area contributed by atoms with Gasteiger partial charge in [-0.25, -0.2) is 9.07 Å². The Balaban J connectivity index is 1.47. The number of phenolic OH excluding ortho intramolecular Hbond substituents is 1. The molecule has 0 amide bonds. The van der Waals surface area contributed by atoms with E-state index in [1.54, 1.807) is 16.9 Å². The molecule has 0 aliphatic carbocycles. The summed E-state index contributed by atoms with van der Waals surface area (Å²) in [5.41, 5.74) is 1.07. The smallest absolute Gasteiger partial charge is 0.433 e.